The van der Waals surface area contributed by atoms with Crippen molar-refractivity contribution in [2.24, 2.45) is 0 Å². The topological polar surface area (TPSA) is 86.9 Å². The Kier molecular flexibility index (Phi) is 4.84. The normalized spacial score (nSPS) is 10.3. The van der Waals surface area contributed by atoms with Crippen LogP contribution in [-0.2, 0) is 11.2 Å². The van der Waals surface area contributed by atoms with E-state index in [-0.39, 0.29) is 17.7 Å². The SMILES string of the molecule is O=C(Cc1ccccc1F)NNC(=O)c1cc(-c2ccccc2)n[nH]1. The minimum Gasteiger partial charge on any atom is -0.273 e. The van der Waals surface area contributed by atoms with Crippen molar-refractivity contribution in [3.05, 3.63) is 77.7 Å². The highest BCUT2D eigenvalue weighted by Crippen LogP contribution is 2.16. The molecular formula is C18H15FN4O2. The van der Waals surface area contributed by atoms with Crippen molar-refractivity contribution >= 4 is 11.8 Å². The Morgan fingerprint density at radius 3 is 2.48 bits per heavy atom. The summed E-state index contributed by atoms with van der Waals surface area (Å²) in [6.07, 6.45) is -0.175. The molecule has 2 aromatic carbocycles. The fraction of sp³-hybridized carbons (Fsp3) is 0.0556. The fourth-order valence-electron chi connectivity index (χ4n) is 2.25. The van der Waals surface area contributed by atoms with E-state index in [0.717, 1.165) is 5.56 Å². The van der Waals surface area contributed by atoms with Crippen LogP contribution in [0.5, 0.6) is 0 Å². The summed E-state index contributed by atoms with van der Waals surface area (Å²) in [6.45, 7) is 0. The summed E-state index contributed by atoms with van der Waals surface area (Å²) in [5, 5.41) is 6.68. The maximum Gasteiger partial charge on any atom is 0.287 e. The largest absolute Gasteiger partial charge is 0.287 e. The van der Waals surface area contributed by atoms with E-state index in [1.165, 1.54) is 12.1 Å². The van der Waals surface area contributed by atoms with E-state index >= 15 is 0 Å². The minimum atomic E-state index is -0.545. The number of halogens is 1. The Balaban J connectivity index is 1.57. The van der Waals surface area contributed by atoms with E-state index in [0.29, 0.717) is 5.69 Å². The van der Waals surface area contributed by atoms with Gasteiger partial charge in [-0.15, -0.1) is 0 Å². The summed E-state index contributed by atoms with van der Waals surface area (Å²) >= 11 is 0. The van der Waals surface area contributed by atoms with Gasteiger partial charge in [-0.25, -0.2) is 4.39 Å². The van der Waals surface area contributed by atoms with Gasteiger partial charge in [0, 0.05) is 5.56 Å². The number of aromatic nitrogens is 2. The quantitative estimate of drug-likeness (QED) is 0.638. The molecular weight excluding hydrogens is 323 g/mol. The van der Waals surface area contributed by atoms with Crippen LogP contribution >= 0.6 is 0 Å². The molecule has 0 aliphatic carbocycles. The number of nitrogens with one attached hydrogen (secondary N) is 3. The predicted molar refractivity (Wildman–Crippen MR) is 89.7 cm³/mol. The summed E-state index contributed by atoms with van der Waals surface area (Å²) in [5.41, 5.74) is 6.45. The lowest BCUT2D eigenvalue weighted by Crippen LogP contribution is -2.42. The molecule has 0 atom stereocenters. The summed E-state index contributed by atoms with van der Waals surface area (Å²) in [5.74, 6) is -1.54. The lowest BCUT2D eigenvalue weighted by atomic mass is 10.1. The predicted octanol–water partition coefficient (Wildman–Crippen LogP) is 2.22. The molecule has 2 amide bonds. The van der Waals surface area contributed by atoms with Crippen LogP contribution in [0.15, 0.2) is 60.7 Å². The van der Waals surface area contributed by atoms with Crippen LogP contribution in [-0.4, -0.2) is 22.0 Å². The van der Waals surface area contributed by atoms with Crippen molar-refractivity contribution in [2.75, 3.05) is 0 Å². The molecule has 1 heterocycles. The smallest absolute Gasteiger partial charge is 0.273 e. The molecule has 0 aliphatic rings. The van der Waals surface area contributed by atoms with Crippen LogP contribution in [0.2, 0.25) is 0 Å². The van der Waals surface area contributed by atoms with E-state index in [2.05, 4.69) is 21.0 Å². The molecule has 25 heavy (non-hydrogen) atoms. The fourth-order valence-corrected chi connectivity index (χ4v) is 2.25. The van der Waals surface area contributed by atoms with Gasteiger partial charge in [0.05, 0.1) is 12.1 Å². The van der Waals surface area contributed by atoms with Crippen molar-refractivity contribution < 1.29 is 14.0 Å². The molecule has 0 aliphatic heterocycles. The van der Waals surface area contributed by atoms with Gasteiger partial charge in [0.1, 0.15) is 11.5 Å². The van der Waals surface area contributed by atoms with Crippen LogP contribution in [0.4, 0.5) is 4.39 Å². The third kappa shape index (κ3) is 4.08. The molecule has 0 spiro atoms. The number of hydrogen-bond donors (Lipinski definition) is 3. The molecule has 0 fully saturated rings. The second kappa shape index (κ2) is 7.39. The molecule has 7 heteroatoms. The zero-order valence-corrected chi connectivity index (χ0v) is 13.1. The molecule has 3 N–H and O–H groups in total. The number of hydrogen-bond acceptors (Lipinski definition) is 3. The summed E-state index contributed by atoms with van der Waals surface area (Å²) in [7, 11) is 0. The molecule has 3 aromatic rings. The third-order valence-corrected chi connectivity index (χ3v) is 3.52. The number of aromatic amines is 1. The van der Waals surface area contributed by atoms with E-state index in [1.54, 1.807) is 18.2 Å². The van der Waals surface area contributed by atoms with Crippen molar-refractivity contribution in [3.8, 4) is 11.3 Å². The Hall–Kier alpha value is -3.48. The van der Waals surface area contributed by atoms with E-state index in [4.69, 9.17) is 0 Å². The molecule has 0 bridgehead atoms. The summed E-state index contributed by atoms with van der Waals surface area (Å²) < 4.78 is 13.5. The van der Waals surface area contributed by atoms with E-state index < -0.39 is 17.6 Å². The number of rotatable bonds is 4. The standard InChI is InChI=1S/C18H15FN4O2/c19-14-9-5-4-8-13(14)10-17(24)22-23-18(25)16-11-15(20-21-16)12-6-2-1-3-7-12/h1-9,11H,10H2,(H,20,21)(H,22,24)(H,23,25). The van der Waals surface area contributed by atoms with Gasteiger partial charge in [-0.05, 0) is 17.7 Å². The Morgan fingerprint density at radius 2 is 1.72 bits per heavy atom. The molecule has 0 radical (unpaired) electrons. The molecule has 0 saturated heterocycles. The van der Waals surface area contributed by atoms with Crippen LogP contribution < -0.4 is 10.9 Å². The summed E-state index contributed by atoms with van der Waals surface area (Å²) in [6, 6.07) is 16.9. The van der Waals surface area contributed by atoms with Crippen LogP contribution in [0, 0.1) is 5.82 Å². The van der Waals surface area contributed by atoms with Crippen molar-refractivity contribution in [1.82, 2.24) is 21.0 Å². The highest BCUT2D eigenvalue weighted by atomic mass is 19.1. The molecule has 1 aromatic heterocycles. The van der Waals surface area contributed by atoms with Crippen molar-refractivity contribution in [1.29, 1.82) is 0 Å². The van der Waals surface area contributed by atoms with Crippen LogP contribution in [0.1, 0.15) is 16.1 Å². The maximum absolute atomic E-state index is 13.5. The number of carbonyl (C=O) groups excluding carboxylic acids is 2. The van der Waals surface area contributed by atoms with Gasteiger partial charge in [-0.1, -0.05) is 48.5 Å². The number of carbonyl (C=O) groups is 2. The average molecular weight is 338 g/mol. The molecule has 0 saturated carbocycles. The van der Waals surface area contributed by atoms with Crippen molar-refractivity contribution in [3.63, 3.8) is 0 Å². The first-order valence-corrected chi connectivity index (χ1v) is 7.57. The zero-order valence-electron chi connectivity index (χ0n) is 13.1. The summed E-state index contributed by atoms with van der Waals surface area (Å²) in [4.78, 5) is 23.9. The monoisotopic (exact) mass is 338 g/mol. The second-order valence-electron chi connectivity index (χ2n) is 5.30. The molecule has 6 nitrogen and oxygen atoms in total. The Morgan fingerprint density at radius 1 is 1.00 bits per heavy atom. The van der Waals surface area contributed by atoms with Gasteiger partial charge in [0.2, 0.25) is 5.91 Å². The molecule has 0 unspecified atom stereocenters. The minimum absolute atomic E-state index is 0.175. The first-order valence-electron chi connectivity index (χ1n) is 7.57. The van der Waals surface area contributed by atoms with E-state index in [1.807, 2.05) is 30.3 Å². The zero-order chi connectivity index (χ0) is 17.6. The van der Waals surface area contributed by atoms with Crippen LogP contribution in [0.3, 0.4) is 0 Å². The maximum atomic E-state index is 13.5. The second-order valence-corrected chi connectivity index (χ2v) is 5.30. The lowest BCUT2D eigenvalue weighted by molar-refractivity contribution is -0.121. The highest BCUT2D eigenvalue weighted by molar-refractivity contribution is 5.94. The van der Waals surface area contributed by atoms with Gasteiger partial charge in [-0.3, -0.25) is 25.5 Å². The Labute approximate surface area is 143 Å². The average Bonchev–Trinajstić information content (AvgIpc) is 3.13. The number of amides is 2. The van der Waals surface area contributed by atoms with E-state index in [9.17, 15) is 14.0 Å². The number of nitrogens with zero attached hydrogens (tertiary/aromatic N) is 1. The third-order valence-electron chi connectivity index (χ3n) is 3.52. The number of benzene rings is 2. The van der Waals surface area contributed by atoms with Gasteiger partial charge in [-0.2, -0.15) is 5.10 Å². The Bertz CT molecular complexity index is 893. The van der Waals surface area contributed by atoms with Gasteiger partial charge in [0.15, 0.2) is 0 Å². The van der Waals surface area contributed by atoms with Gasteiger partial charge >= 0.3 is 0 Å². The first-order chi connectivity index (χ1) is 12.1. The van der Waals surface area contributed by atoms with Crippen LogP contribution in [0.25, 0.3) is 11.3 Å². The number of H-pyrrole nitrogens is 1. The number of hydrazine groups is 1. The van der Waals surface area contributed by atoms with Gasteiger partial charge in [0.25, 0.3) is 5.91 Å². The lowest BCUT2D eigenvalue weighted by Gasteiger charge is -2.06. The van der Waals surface area contributed by atoms with Crippen molar-refractivity contribution in [2.45, 2.75) is 6.42 Å². The first kappa shape index (κ1) is 16.4. The molecule has 3 rings (SSSR count). The molecule has 126 valence electrons. The van der Waals surface area contributed by atoms with Gasteiger partial charge < -0.3 is 0 Å². The highest BCUT2D eigenvalue weighted by Gasteiger charge is 2.13.